The van der Waals surface area contributed by atoms with E-state index >= 15 is 0 Å². The van der Waals surface area contributed by atoms with Gasteiger partial charge >= 0.3 is 29.6 Å². The topological polar surface area (TPSA) is 140 Å². The summed E-state index contributed by atoms with van der Waals surface area (Å²) in [5, 5.41) is 25.4. The molecule has 190 valence electrons. The predicted molar refractivity (Wildman–Crippen MR) is 140 cm³/mol. The molecule has 0 saturated heterocycles. The third-order valence-corrected chi connectivity index (χ3v) is 6.97. The summed E-state index contributed by atoms with van der Waals surface area (Å²) in [6.07, 6.45) is 0. The van der Waals surface area contributed by atoms with Crippen molar-refractivity contribution in [1.29, 1.82) is 0 Å². The SMILES string of the molecule is COc1c(Cl)cccc1NC(=O)c1cc2ccccc2c(N=Nc2cc(Cl)cc(S(=O)(=O)O)c2C)c1[O-].[Na+]. The molecule has 0 fully saturated rings. The first-order chi connectivity index (χ1) is 17.5. The first-order valence-corrected chi connectivity index (χ1v) is 12.8. The quantitative estimate of drug-likeness (QED) is 0.203. The second kappa shape index (κ2) is 12.0. The van der Waals surface area contributed by atoms with E-state index in [0.29, 0.717) is 10.8 Å². The summed E-state index contributed by atoms with van der Waals surface area (Å²) in [6.45, 7) is 1.41. The van der Waals surface area contributed by atoms with Crippen molar-refractivity contribution < 1.29 is 57.2 Å². The van der Waals surface area contributed by atoms with Gasteiger partial charge in [-0.15, -0.1) is 0 Å². The molecule has 0 saturated carbocycles. The van der Waals surface area contributed by atoms with Crippen molar-refractivity contribution >= 4 is 67.1 Å². The van der Waals surface area contributed by atoms with Crippen LogP contribution in [0.2, 0.25) is 10.0 Å². The summed E-state index contributed by atoms with van der Waals surface area (Å²) >= 11 is 12.1. The number of carbonyl (C=O) groups excluding carboxylic acids is 1. The Labute approximate surface area is 250 Å². The minimum atomic E-state index is -4.58. The summed E-state index contributed by atoms with van der Waals surface area (Å²) in [4.78, 5) is 12.7. The zero-order chi connectivity index (χ0) is 26.9. The average Bonchev–Trinajstić information content (AvgIpc) is 2.84. The van der Waals surface area contributed by atoms with Crippen LogP contribution in [0.5, 0.6) is 11.5 Å². The van der Waals surface area contributed by atoms with Crippen molar-refractivity contribution in [3.63, 3.8) is 0 Å². The molecule has 1 amide bonds. The number of rotatable bonds is 6. The minimum absolute atomic E-state index is 0. The predicted octanol–water partition coefficient (Wildman–Crippen LogP) is 3.46. The van der Waals surface area contributed by atoms with Gasteiger partial charge < -0.3 is 15.2 Å². The van der Waals surface area contributed by atoms with Gasteiger partial charge in [-0.3, -0.25) is 9.35 Å². The van der Waals surface area contributed by atoms with E-state index in [4.69, 9.17) is 27.9 Å². The summed E-state index contributed by atoms with van der Waals surface area (Å²) in [6, 6.07) is 15.4. The normalized spacial score (nSPS) is 11.4. The van der Waals surface area contributed by atoms with E-state index in [-0.39, 0.29) is 73.5 Å². The fraction of sp³-hybridized carbons (Fsp3) is 0.0800. The Morgan fingerprint density at radius 1 is 1.05 bits per heavy atom. The van der Waals surface area contributed by atoms with Crippen LogP contribution in [0.1, 0.15) is 15.9 Å². The number of benzene rings is 4. The van der Waals surface area contributed by atoms with Crippen molar-refractivity contribution in [3.8, 4) is 11.5 Å². The summed E-state index contributed by atoms with van der Waals surface area (Å²) < 4.78 is 38.2. The van der Waals surface area contributed by atoms with Crippen LogP contribution in [-0.4, -0.2) is 26.0 Å². The number of anilines is 1. The van der Waals surface area contributed by atoms with Gasteiger partial charge in [0.15, 0.2) is 5.75 Å². The molecule has 13 heteroatoms. The number of methoxy groups -OCH3 is 1. The Hall–Kier alpha value is -2.70. The van der Waals surface area contributed by atoms with Gasteiger partial charge in [-0.05, 0) is 48.2 Å². The van der Waals surface area contributed by atoms with Crippen LogP contribution in [0.4, 0.5) is 17.1 Å². The second-order valence-electron chi connectivity index (χ2n) is 7.82. The molecule has 4 aromatic carbocycles. The third kappa shape index (κ3) is 6.13. The van der Waals surface area contributed by atoms with Crippen molar-refractivity contribution in [2.24, 2.45) is 10.2 Å². The molecule has 0 unspecified atom stereocenters. The standard InChI is InChI=1S/C25H19Cl2N3O6S.Na/c1-13-20(11-15(26)12-21(13)37(33,34)35)29-30-22-16-7-4-3-6-14(16)10-17(23(22)31)25(32)28-19-9-5-8-18(27)24(19)36-2;/h3-12,31H,1-2H3,(H,28,32)(H,33,34,35);/q;+1/p-1. The third-order valence-electron chi connectivity index (χ3n) is 5.47. The summed E-state index contributed by atoms with van der Waals surface area (Å²) in [7, 11) is -3.18. The number of fused-ring (bicyclic) bond motifs is 1. The van der Waals surface area contributed by atoms with Crippen molar-refractivity contribution in [2.45, 2.75) is 11.8 Å². The maximum Gasteiger partial charge on any atom is 1.00 e. The molecule has 38 heavy (non-hydrogen) atoms. The number of amides is 1. The number of nitrogens with zero attached hydrogens (tertiary/aromatic N) is 2. The molecular formula is C25H18Cl2N3NaO6S. The van der Waals surface area contributed by atoms with Gasteiger partial charge in [-0.25, -0.2) is 0 Å². The molecule has 4 aromatic rings. The molecule has 0 atom stereocenters. The minimum Gasteiger partial charge on any atom is -0.870 e. The molecule has 0 aliphatic carbocycles. The Balaban J connectivity index is 0.00000400. The van der Waals surface area contributed by atoms with Crippen LogP contribution in [0.3, 0.4) is 0 Å². The molecule has 2 N–H and O–H groups in total. The molecular weight excluding hydrogens is 564 g/mol. The van der Waals surface area contributed by atoms with Crippen LogP contribution >= 0.6 is 23.2 Å². The van der Waals surface area contributed by atoms with Crippen LogP contribution in [-0.2, 0) is 10.1 Å². The van der Waals surface area contributed by atoms with Gasteiger partial charge in [0, 0.05) is 16.0 Å². The number of carbonyl (C=O) groups is 1. The van der Waals surface area contributed by atoms with E-state index in [1.807, 2.05) is 0 Å². The maximum atomic E-state index is 13.4. The molecule has 0 heterocycles. The van der Waals surface area contributed by atoms with Gasteiger partial charge in [0.05, 0.1) is 29.2 Å². The Bertz CT molecular complexity index is 1700. The van der Waals surface area contributed by atoms with E-state index in [1.54, 1.807) is 42.5 Å². The zero-order valence-corrected chi connectivity index (χ0v) is 24.6. The van der Waals surface area contributed by atoms with Gasteiger partial charge in [0.25, 0.3) is 16.0 Å². The number of ether oxygens (including phenoxy) is 1. The van der Waals surface area contributed by atoms with Crippen LogP contribution in [0, 0.1) is 6.92 Å². The number of hydrogen-bond acceptors (Lipinski definition) is 7. The molecule has 4 rings (SSSR count). The van der Waals surface area contributed by atoms with Gasteiger partial charge in [0.1, 0.15) is 4.90 Å². The fourth-order valence-corrected chi connectivity index (χ4v) is 4.99. The van der Waals surface area contributed by atoms with E-state index < -0.39 is 26.7 Å². The number of halogens is 2. The Morgan fingerprint density at radius 3 is 2.45 bits per heavy atom. The molecule has 0 radical (unpaired) electrons. The fourth-order valence-electron chi connectivity index (χ4n) is 3.70. The smallest absolute Gasteiger partial charge is 0.870 e. The Kier molecular flexibility index (Phi) is 9.43. The number of nitrogens with one attached hydrogen (secondary N) is 1. The van der Waals surface area contributed by atoms with Crippen LogP contribution < -0.4 is 44.7 Å². The first-order valence-electron chi connectivity index (χ1n) is 10.6. The molecule has 0 aromatic heterocycles. The van der Waals surface area contributed by atoms with Crippen LogP contribution in [0.25, 0.3) is 10.8 Å². The first kappa shape index (κ1) is 29.9. The average molecular weight is 582 g/mol. The van der Waals surface area contributed by atoms with Gasteiger partial charge in [0.2, 0.25) is 0 Å². The number of hydrogen-bond donors (Lipinski definition) is 2. The molecule has 0 aliphatic heterocycles. The van der Waals surface area contributed by atoms with Crippen molar-refractivity contribution in [3.05, 3.63) is 81.8 Å². The number of para-hydroxylation sites is 1. The molecule has 0 bridgehead atoms. The summed E-state index contributed by atoms with van der Waals surface area (Å²) in [5.41, 5.74) is 0.00437. The van der Waals surface area contributed by atoms with E-state index in [9.17, 15) is 22.9 Å². The number of azo groups is 1. The second-order valence-corrected chi connectivity index (χ2v) is 10.1. The summed E-state index contributed by atoms with van der Waals surface area (Å²) in [5.74, 6) is -1.20. The van der Waals surface area contributed by atoms with Crippen molar-refractivity contribution in [2.75, 3.05) is 12.4 Å². The molecule has 0 aliphatic rings. The monoisotopic (exact) mass is 581 g/mol. The van der Waals surface area contributed by atoms with Gasteiger partial charge in [-0.2, -0.15) is 18.6 Å². The van der Waals surface area contributed by atoms with E-state index in [0.717, 1.165) is 6.07 Å². The van der Waals surface area contributed by atoms with E-state index in [2.05, 4.69) is 15.5 Å². The maximum absolute atomic E-state index is 13.4. The van der Waals surface area contributed by atoms with Crippen molar-refractivity contribution in [1.82, 2.24) is 0 Å². The van der Waals surface area contributed by atoms with Gasteiger partial charge in [-0.1, -0.05) is 59.3 Å². The zero-order valence-electron chi connectivity index (χ0n) is 20.3. The molecule has 9 nitrogen and oxygen atoms in total. The molecule has 0 spiro atoms. The van der Waals surface area contributed by atoms with Crippen LogP contribution in [0.15, 0.2) is 75.8 Å². The van der Waals surface area contributed by atoms with E-state index in [1.165, 1.54) is 26.2 Å². The largest absolute Gasteiger partial charge is 1.00 e. The Morgan fingerprint density at radius 2 is 1.76 bits per heavy atom.